The summed E-state index contributed by atoms with van der Waals surface area (Å²) in [6.07, 6.45) is 6.37. The topological polar surface area (TPSA) is 84.5 Å². The van der Waals surface area contributed by atoms with Gasteiger partial charge < -0.3 is 15.4 Å². The standard InChI is InChI=1S/C21H21F3N2O4S/c22-13-7-8-14(20(24)19(13)23)26-17(27)10-25-18(28)11-30-21(29)16-9-12-5-3-1-2-4-6-15(12)31-16/h7-9H,1-6,10-11H2,(H,25,28)(H,26,27). The zero-order chi connectivity index (χ0) is 22.4. The minimum atomic E-state index is -1.71. The van der Waals surface area contributed by atoms with Gasteiger partial charge in [0.1, 0.15) is 4.88 Å². The molecule has 2 N–H and O–H groups in total. The largest absolute Gasteiger partial charge is 0.451 e. The van der Waals surface area contributed by atoms with Gasteiger partial charge in [-0.3, -0.25) is 9.59 Å². The van der Waals surface area contributed by atoms with Crippen molar-refractivity contribution in [1.29, 1.82) is 0 Å². The number of fused-ring (bicyclic) bond motifs is 1. The highest BCUT2D eigenvalue weighted by molar-refractivity contribution is 7.14. The Balaban J connectivity index is 1.45. The zero-order valence-corrected chi connectivity index (χ0v) is 17.4. The lowest BCUT2D eigenvalue weighted by atomic mass is 10.00. The maximum atomic E-state index is 13.5. The molecular formula is C21H21F3N2O4S. The maximum Gasteiger partial charge on any atom is 0.348 e. The summed E-state index contributed by atoms with van der Waals surface area (Å²) in [5, 5.41) is 4.23. The average Bonchev–Trinajstić information content (AvgIpc) is 3.13. The van der Waals surface area contributed by atoms with Crippen LogP contribution < -0.4 is 10.6 Å². The normalized spacial score (nSPS) is 13.5. The highest BCUT2D eigenvalue weighted by Crippen LogP contribution is 2.29. The molecule has 166 valence electrons. The van der Waals surface area contributed by atoms with E-state index < -0.39 is 54.1 Å². The first-order chi connectivity index (χ1) is 14.8. The zero-order valence-electron chi connectivity index (χ0n) is 16.6. The van der Waals surface area contributed by atoms with Crippen molar-refractivity contribution in [2.45, 2.75) is 38.5 Å². The number of halogens is 3. The quantitative estimate of drug-likeness (QED) is 0.515. The number of thiophene rings is 1. The molecule has 1 aliphatic rings. The number of rotatable bonds is 6. The first-order valence-corrected chi connectivity index (χ1v) is 10.7. The van der Waals surface area contributed by atoms with E-state index in [4.69, 9.17) is 4.74 Å². The van der Waals surface area contributed by atoms with E-state index in [1.807, 2.05) is 11.4 Å². The number of esters is 1. The van der Waals surface area contributed by atoms with E-state index in [1.165, 1.54) is 29.1 Å². The summed E-state index contributed by atoms with van der Waals surface area (Å²) in [6.45, 7) is -1.16. The molecule has 2 aromatic rings. The molecule has 31 heavy (non-hydrogen) atoms. The van der Waals surface area contributed by atoms with Gasteiger partial charge in [0.25, 0.3) is 5.91 Å². The number of amides is 2. The fourth-order valence-electron chi connectivity index (χ4n) is 3.19. The second-order valence-electron chi connectivity index (χ2n) is 7.10. The molecular weight excluding hydrogens is 433 g/mol. The van der Waals surface area contributed by atoms with Gasteiger partial charge in [0, 0.05) is 4.88 Å². The molecule has 0 saturated carbocycles. The maximum absolute atomic E-state index is 13.5. The molecule has 0 fully saturated rings. The van der Waals surface area contributed by atoms with Gasteiger partial charge in [-0.05, 0) is 49.4 Å². The van der Waals surface area contributed by atoms with Crippen molar-refractivity contribution < 1.29 is 32.3 Å². The Bertz CT molecular complexity index is 968. The van der Waals surface area contributed by atoms with Crippen molar-refractivity contribution in [1.82, 2.24) is 5.32 Å². The number of hydrogen-bond acceptors (Lipinski definition) is 5. The van der Waals surface area contributed by atoms with Gasteiger partial charge in [0.15, 0.2) is 24.1 Å². The van der Waals surface area contributed by atoms with Gasteiger partial charge in [0.05, 0.1) is 12.2 Å². The van der Waals surface area contributed by atoms with E-state index >= 15 is 0 Å². The minimum Gasteiger partial charge on any atom is -0.451 e. The monoisotopic (exact) mass is 454 g/mol. The minimum absolute atomic E-state index is 0.436. The van der Waals surface area contributed by atoms with Crippen LogP contribution in [0.2, 0.25) is 0 Å². The van der Waals surface area contributed by atoms with Gasteiger partial charge in [-0.1, -0.05) is 12.8 Å². The van der Waals surface area contributed by atoms with Gasteiger partial charge in [0.2, 0.25) is 5.91 Å². The summed E-state index contributed by atoms with van der Waals surface area (Å²) in [5.41, 5.74) is 0.597. The molecule has 1 aliphatic carbocycles. The Morgan fingerprint density at radius 3 is 2.48 bits per heavy atom. The first-order valence-electron chi connectivity index (χ1n) is 9.84. The molecule has 0 radical (unpaired) electrons. The summed E-state index contributed by atoms with van der Waals surface area (Å²) in [7, 11) is 0. The van der Waals surface area contributed by atoms with Crippen LogP contribution in [0.15, 0.2) is 18.2 Å². The fourth-order valence-corrected chi connectivity index (χ4v) is 4.34. The third-order valence-corrected chi connectivity index (χ3v) is 6.00. The number of ether oxygens (including phenoxy) is 1. The Hall–Kier alpha value is -2.88. The molecule has 0 saturated heterocycles. The van der Waals surface area contributed by atoms with Crippen LogP contribution in [0.3, 0.4) is 0 Å². The SMILES string of the molecule is O=C(COC(=O)c1cc2c(s1)CCCCCC2)NCC(=O)Nc1ccc(F)c(F)c1F. The lowest BCUT2D eigenvalue weighted by molar-refractivity contribution is -0.126. The summed E-state index contributed by atoms with van der Waals surface area (Å²) in [5.74, 6) is -6.84. The van der Waals surface area contributed by atoms with Crippen LogP contribution in [0.1, 0.15) is 45.8 Å². The van der Waals surface area contributed by atoms with E-state index in [9.17, 15) is 27.6 Å². The van der Waals surface area contributed by atoms with Crippen molar-refractivity contribution in [2.24, 2.45) is 0 Å². The van der Waals surface area contributed by atoms with Crippen LogP contribution in [0, 0.1) is 17.5 Å². The second-order valence-corrected chi connectivity index (χ2v) is 8.23. The second kappa shape index (κ2) is 10.4. The molecule has 0 spiro atoms. The molecule has 10 heteroatoms. The smallest absolute Gasteiger partial charge is 0.348 e. The van der Waals surface area contributed by atoms with E-state index in [1.54, 1.807) is 0 Å². The van der Waals surface area contributed by atoms with E-state index in [-0.39, 0.29) is 0 Å². The highest BCUT2D eigenvalue weighted by atomic mass is 32.1. The van der Waals surface area contributed by atoms with E-state index in [2.05, 4.69) is 5.32 Å². The summed E-state index contributed by atoms with van der Waals surface area (Å²) >= 11 is 1.38. The van der Waals surface area contributed by atoms with Crippen LogP contribution >= 0.6 is 11.3 Å². The Labute approximate surface area is 180 Å². The molecule has 1 heterocycles. The van der Waals surface area contributed by atoms with Crippen LogP contribution in [0.5, 0.6) is 0 Å². The van der Waals surface area contributed by atoms with Crippen molar-refractivity contribution in [2.75, 3.05) is 18.5 Å². The molecule has 0 unspecified atom stereocenters. The number of carbonyl (C=O) groups is 3. The highest BCUT2D eigenvalue weighted by Gasteiger charge is 2.19. The van der Waals surface area contributed by atoms with Crippen molar-refractivity contribution in [3.05, 3.63) is 51.0 Å². The summed E-state index contributed by atoms with van der Waals surface area (Å²) < 4.78 is 44.6. The molecule has 6 nitrogen and oxygen atoms in total. The molecule has 2 amide bonds. The van der Waals surface area contributed by atoms with Gasteiger partial charge in [-0.15, -0.1) is 11.3 Å². The van der Waals surface area contributed by atoms with Crippen LogP contribution in [0.25, 0.3) is 0 Å². The molecule has 1 aromatic heterocycles. The van der Waals surface area contributed by atoms with Crippen LogP contribution in [-0.4, -0.2) is 30.9 Å². The Morgan fingerprint density at radius 2 is 1.71 bits per heavy atom. The number of carbonyl (C=O) groups excluding carboxylic acids is 3. The summed E-state index contributed by atoms with van der Waals surface area (Å²) in [4.78, 5) is 37.5. The Kier molecular flexibility index (Phi) is 7.67. The Morgan fingerprint density at radius 1 is 0.968 bits per heavy atom. The predicted octanol–water partition coefficient (Wildman–Crippen LogP) is 3.74. The number of anilines is 1. The van der Waals surface area contributed by atoms with E-state index in [0.717, 1.165) is 37.3 Å². The van der Waals surface area contributed by atoms with Gasteiger partial charge >= 0.3 is 5.97 Å². The number of nitrogens with one attached hydrogen (secondary N) is 2. The van der Waals surface area contributed by atoms with Crippen molar-refractivity contribution in [3.63, 3.8) is 0 Å². The number of aryl methyl sites for hydroxylation is 2. The summed E-state index contributed by atoms with van der Waals surface area (Å²) in [6, 6.07) is 3.34. The molecule has 3 rings (SSSR count). The lowest BCUT2D eigenvalue weighted by Gasteiger charge is -2.08. The van der Waals surface area contributed by atoms with Gasteiger partial charge in [-0.2, -0.15) is 0 Å². The third-order valence-electron chi connectivity index (χ3n) is 4.79. The molecule has 0 atom stereocenters. The van der Waals surface area contributed by atoms with Crippen LogP contribution in [-0.2, 0) is 27.2 Å². The molecule has 1 aromatic carbocycles. The predicted molar refractivity (Wildman–Crippen MR) is 108 cm³/mol. The lowest BCUT2D eigenvalue weighted by Crippen LogP contribution is -2.35. The fraction of sp³-hybridized carbons (Fsp3) is 0.381. The number of benzene rings is 1. The van der Waals surface area contributed by atoms with E-state index in [0.29, 0.717) is 10.9 Å². The average molecular weight is 454 g/mol. The third kappa shape index (κ3) is 6.06. The van der Waals surface area contributed by atoms with Gasteiger partial charge in [-0.25, -0.2) is 18.0 Å². The number of hydrogen-bond donors (Lipinski definition) is 2. The van der Waals surface area contributed by atoms with Crippen molar-refractivity contribution in [3.8, 4) is 0 Å². The van der Waals surface area contributed by atoms with Crippen LogP contribution in [0.4, 0.5) is 18.9 Å². The molecule has 0 bridgehead atoms. The van der Waals surface area contributed by atoms with Crippen molar-refractivity contribution >= 4 is 34.8 Å². The first kappa shape index (κ1) is 22.8. The molecule has 0 aliphatic heterocycles.